The van der Waals surface area contributed by atoms with E-state index in [0.29, 0.717) is 30.5 Å². The Balaban J connectivity index is 1.68. The standard InChI is InChI=1S/C19H28N2O3S/c1-14-6-5-7-18(15(14)2)20-19(22)16-8-10-17(11-9-16)25(23,24)21-12-3-4-13-21/h8-11,14-15,18H,3-7,12-13H2,1-2H3,(H,20,22)/t14-,15-,18+/m1/s1. The fraction of sp³-hybridized carbons (Fsp3) is 0.632. The first-order valence-electron chi connectivity index (χ1n) is 9.30. The number of sulfonamides is 1. The molecule has 1 heterocycles. The van der Waals surface area contributed by atoms with Gasteiger partial charge < -0.3 is 5.32 Å². The second kappa shape index (κ2) is 7.46. The second-order valence-electron chi connectivity index (χ2n) is 7.48. The SMILES string of the molecule is C[C@@H]1[C@H](C)CCC[C@@H]1NC(=O)c1ccc(S(=O)(=O)N2CCCC2)cc1. The Morgan fingerprint density at radius 2 is 1.68 bits per heavy atom. The van der Waals surface area contributed by atoms with Crippen molar-refractivity contribution in [2.75, 3.05) is 13.1 Å². The summed E-state index contributed by atoms with van der Waals surface area (Å²) in [5.74, 6) is 0.968. The van der Waals surface area contributed by atoms with Gasteiger partial charge in [0.05, 0.1) is 4.90 Å². The maximum absolute atomic E-state index is 12.5. The van der Waals surface area contributed by atoms with E-state index in [0.717, 1.165) is 25.7 Å². The van der Waals surface area contributed by atoms with Crippen molar-refractivity contribution in [2.24, 2.45) is 11.8 Å². The van der Waals surface area contributed by atoms with Crippen LogP contribution in [0.2, 0.25) is 0 Å². The van der Waals surface area contributed by atoms with Crippen LogP contribution in [0, 0.1) is 11.8 Å². The second-order valence-corrected chi connectivity index (χ2v) is 9.42. The molecule has 0 radical (unpaired) electrons. The topological polar surface area (TPSA) is 66.5 Å². The van der Waals surface area contributed by atoms with Crippen LogP contribution in [0.1, 0.15) is 56.3 Å². The van der Waals surface area contributed by atoms with E-state index >= 15 is 0 Å². The molecule has 1 aliphatic heterocycles. The van der Waals surface area contributed by atoms with Gasteiger partial charge in [0.25, 0.3) is 5.91 Å². The number of hydrogen-bond acceptors (Lipinski definition) is 3. The van der Waals surface area contributed by atoms with E-state index in [2.05, 4.69) is 19.2 Å². The molecule has 1 amide bonds. The van der Waals surface area contributed by atoms with Crippen molar-refractivity contribution in [3.05, 3.63) is 29.8 Å². The van der Waals surface area contributed by atoms with Gasteiger partial charge in [-0.15, -0.1) is 0 Å². The van der Waals surface area contributed by atoms with Gasteiger partial charge in [-0.1, -0.05) is 26.7 Å². The van der Waals surface area contributed by atoms with Gasteiger partial charge in [0, 0.05) is 24.7 Å². The van der Waals surface area contributed by atoms with Crippen LogP contribution in [-0.2, 0) is 10.0 Å². The lowest BCUT2D eigenvalue weighted by atomic mass is 9.78. The Labute approximate surface area is 150 Å². The van der Waals surface area contributed by atoms with Crippen LogP contribution in [0.3, 0.4) is 0 Å². The van der Waals surface area contributed by atoms with Gasteiger partial charge in [0.1, 0.15) is 0 Å². The van der Waals surface area contributed by atoms with Gasteiger partial charge in [0.2, 0.25) is 10.0 Å². The summed E-state index contributed by atoms with van der Waals surface area (Å²) >= 11 is 0. The Morgan fingerprint density at radius 3 is 2.32 bits per heavy atom. The van der Waals surface area contributed by atoms with Crippen molar-refractivity contribution < 1.29 is 13.2 Å². The molecule has 5 nitrogen and oxygen atoms in total. The monoisotopic (exact) mass is 364 g/mol. The molecule has 3 atom stereocenters. The number of rotatable bonds is 4. The average Bonchev–Trinajstić information content (AvgIpc) is 3.14. The van der Waals surface area contributed by atoms with Gasteiger partial charge >= 0.3 is 0 Å². The Kier molecular flexibility index (Phi) is 5.49. The summed E-state index contributed by atoms with van der Waals surface area (Å²) in [7, 11) is -3.42. The molecule has 1 saturated heterocycles. The highest BCUT2D eigenvalue weighted by molar-refractivity contribution is 7.89. The molecule has 2 fully saturated rings. The maximum Gasteiger partial charge on any atom is 0.251 e. The van der Waals surface area contributed by atoms with Crippen molar-refractivity contribution >= 4 is 15.9 Å². The number of nitrogens with zero attached hydrogens (tertiary/aromatic N) is 1. The van der Waals surface area contributed by atoms with Crippen LogP contribution < -0.4 is 5.32 Å². The summed E-state index contributed by atoms with van der Waals surface area (Å²) in [6.07, 6.45) is 5.20. The molecule has 1 aromatic rings. The number of carbonyl (C=O) groups is 1. The van der Waals surface area contributed by atoms with Gasteiger partial charge in [-0.2, -0.15) is 4.31 Å². The molecular formula is C19H28N2O3S. The van der Waals surface area contributed by atoms with E-state index in [4.69, 9.17) is 0 Å². The maximum atomic E-state index is 12.5. The van der Waals surface area contributed by atoms with Crippen molar-refractivity contribution in [3.63, 3.8) is 0 Å². The van der Waals surface area contributed by atoms with Crippen LogP contribution >= 0.6 is 0 Å². The summed E-state index contributed by atoms with van der Waals surface area (Å²) in [4.78, 5) is 12.8. The molecule has 0 unspecified atom stereocenters. The van der Waals surface area contributed by atoms with Gasteiger partial charge in [-0.3, -0.25) is 4.79 Å². The minimum Gasteiger partial charge on any atom is -0.349 e. The highest BCUT2D eigenvalue weighted by Gasteiger charge is 2.29. The molecule has 25 heavy (non-hydrogen) atoms. The van der Waals surface area contributed by atoms with Crippen molar-refractivity contribution in [1.82, 2.24) is 9.62 Å². The van der Waals surface area contributed by atoms with E-state index in [1.807, 2.05) is 0 Å². The molecule has 0 aromatic heterocycles. The number of carbonyl (C=O) groups excluding carboxylic acids is 1. The molecule has 1 saturated carbocycles. The fourth-order valence-electron chi connectivity index (χ4n) is 3.89. The van der Waals surface area contributed by atoms with Crippen LogP contribution in [0.4, 0.5) is 0 Å². The normalized spacial score (nSPS) is 28.0. The third-order valence-corrected chi connectivity index (χ3v) is 7.76. The Hall–Kier alpha value is -1.40. The molecule has 0 bridgehead atoms. The summed E-state index contributed by atoms with van der Waals surface area (Å²) in [6, 6.07) is 6.54. The van der Waals surface area contributed by atoms with Crippen molar-refractivity contribution in [3.8, 4) is 0 Å². The predicted molar refractivity (Wildman–Crippen MR) is 97.9 cm³/mol. The molecule has 3 rings (SSSR count). The van der Waals surface area contributed by atoms with Gasteiger partial charge in [-0.05, 0) is 55.4 Å². The summed E-state index contributed by atoms with van der Waals surface area (Å²) in [6.45, 7) is 5.60. The minimum atomic E-state index is -3.42. The number of amides is 1. The third kappa shape index (κ3) is 3.90. The largest absolute Gasteiger partial charge is 0.349 e. The van der Waals surface area contributed by atoms with E-state index in [1.54, 1.807) is 24.3 Å². The average molecular weight is 365 g/mol. The zero-order chi connectivity index (χ0) is 18.0. The number of nitrogens with one attached hydrogen (secondary N) is 1. The molecule has 6 heteroatoms. The van der Waals surface area contributed by atoms with Crippen LogP contribution in [0.5, 0.6) is 0 Å². The molecule has 1 aromatic carbocycles. The third-order valence-electron chi connectivity index (χ3n) is 5.84. The van der Waals surface area contributed by atoms with Crippen LogP contribution in [0.15, 0.2) is 29.2 Å². The molecule has 1 N–H and O–H groups in total. The highest BCUT2D eigenvalue weighted by atomic mass is 32.2. The van der Waals surface area contributed by atoms with Crippen LogP contribution in [0.25, 0.3) is 0 Å². The first-order chi connectivity index (χ1) is 11.9. The Morgan fingerprint density at radius 1 is 1.04 bits per heavy atom. The van der Waals surface area contributed by atoms with Gasteiger partial charge in [-0.25, -0.2) is 8.42 Å². The zero-order valence-electron chi connectivity index (χ0n) is 15.1. The van der Waals surface area contributed by atoms with Crippen LogP contribution in [-0.4, -0.2) is 37.8 Å². The number of benzene rings is 1. The lowest BCUT2D eigenvalue weighted by Gasteiger charge is -2.34. The quantitative estimate of drug-likeness (QED) is 0.893. The zero-order valence-corrected chi connectivity index (χ0v) is 15.9. The first kappa shape index (κ1) is 18.4. The molecule has 2 aliphatic rings. The van der Waals surface area contributed by atoms with Gasteiger partial charge in [0.15, 0.2) is 0 Å². The van der Waals surface area contributed by atoms with E-state index in [-0.39, 0.29) is 16.8 Å². The first-order valence-corrected chi connectivity index (χ1v) is 10.7. The summed E-state index contributed by atoms with van der Waals surface area (Å²) in [5, 5.41) is 3.13. The molecule has 0 spiro atoms. The summed E-state index contributed by atoms with van der Waals surface area (Å²) < 4.78 is 26.6. The van der Waals surface area contributed by atoms with E-state index < -0.39 is 10.0 Å². The molecule has 1 aliphatic carbocycles. The minimum absolute atomic E-state index is 0.115. The lowest BCUT2D eigenvalue weighted by Crippen LogP contribution is -2.43. The lowest BCUT2D eigenvalue weighted by molar-refractivity contribution is 0.0891. The van der Waals surface area contributed by atoms with E-state index in [9.17, 15) is 13.2 Å². The Bertz CT molecular complexity index is 709. The smallest absolute Gasteiger partial charge is 0.251 e. The molecular weight excluding hydrogens is 336 g/mol. The highest BCUT2D eigenvalue weighted by Crippen LogP contribution is 2.29. The number of hydrogen-bond donors (Lipinski definition) is 1. The predicted octanol–water partition coefficient (Wildman–Crippen LogP) is 3.03. The summed E-state index contributed by atoms with van der Waals surface area (Å²) in [5.41, 5.74) is 0.519. The molecule has 138 valence electrons. The van der Waals surface area contributed by atoms with Crippen molar-refractivity contribution in [2.45, 2.75) is 56.9 Å². The van der Waals surface area contributed by atoms with E-state index in [1.165, 1.54) is 10.7 Å². The van der Waals surface area contributed by atoms with Crippen molar-refractivity contribution in [1.29, 1.82) is 0 Å². The fourth-order valence-corrected chi connectivity index (χ4v) is 5.41.